The van der Waals surface area contributed by atoms with Crippen molar-refractivity contribution in [3.63, 3.8) is 0 Å². The monoisotopic (exact) mass is 431 g/mol. The molecule has 5 rings (SSSR count). The summed E-state index contributed by atoms with van der Waals surface area (Å²) in [6.07, 6.45) is 2.30. The summed E-state index contributed by atoms with van der Waals surface area (Å²) < 4.78 is 8.45. The Hall–Kier alpha value is -2.49. The molecule has 2 aliphatic heterocycles. The first kappa shape index (κ1) is 18.5. The summed E-state index contributed by atoms with van der Waals surface area (Å²) in [5.74, 6) is -0.179. The zero-order chi connectivity index (χ0) is 20.2. The van der Waals surface area contributed by atoms with Gasteiger partial charge < -0.3 is 14.9 Å². The number of aromatic nitrogens is 3. The van der Waals surface area contributed by atoms with Gasteiger partial charge in [0, 0.05) is 42.3 Å². The van der Waals surface area contributed by atoms with Crippen molar-refractivity contribution in [1.82, 2.24) is 19.4 Å². The topological polar surface area (TPSA) is 86.3 Å². The second-order valence-electron chi connectivity index (χ2n) is 7.69. The van der Waals surface area contributed by atoms with Gasteiger partial charge in [0.05, 0.1) is 12.2 Å². The predicted octanol–water partition coefficient (Wildman–Crippen LogP) is 3.78. The van der Waals surface area contributed by atoms with Gasteiger partial charge in [-0.3, -0.25) is 14.5 Å². The second kappa shape index (κ2) is 6.79. The van der Waals surface area contributed by atoms with Crippen LogP contribution in [0, 0.1) is 10.1 Å². The normalized spacial score (nSPS) is 20.9. The molecule has 0 aromatic carbocycles. The minimum Gasteiger partial charge on any atom is -0.436 e. The van der Waals surface area contributed by atoms with Crippen LogP contribution in [0.2, 0.25) is 4.34 Å². The molecular weight excluding hydrogens is 414 g/mol. The number of nitro groups is 1. The molecule has 0 saturated carbocycles. The van der Waals surface area contributed by atoms with Gasteiger partial charge in [-0.1, -0.05) is 17.7 Å². The molecule has 29 heavy (non-hydrogen) atoms. The number of imidazole rings is 1. The van der Waals surface area contributed by atoms with E-state index < -0.39 is 10.5 Å². The van der Waals surface area contributed by atoms with Crippen LogP contribution in [0.3, 0.4) is 0 Å². The minimum absolute atomic E-state index is 0.179. The molecule has 3 aromatic heterocycles. The SMILES string of the molecule is CC1(CN2CCc3nc(-c4ccsc4Cl)ccc3C2)Cn2cc([N+](=O)[O-])nc2O1. The fourth-order valence-corrected chi connectivity index (χ4v) is 5.01. The van der Waals surface area contributed by atoms with E-state index in [0.29, 0.717) is 19.1 Å². The van der Waals surface area contributed by atoms with Gasteiger partial charge in [0.2, 0.25) is 0 Å². The highest BCUT2D eigenvalue weighted by Crippen LogP contribution is 2.34. The standard InChI is InChI=1S/C19H18ClN5O3S/c1-19(11-24-9-16(25(26)27)22-18(24)28-19)10-23-6-4-14-12(8-23)2-3-15(21-14)13-5-7-29-17(13)20/h2-3,5,7,9H,4,6,8,10-11H2,1H3. The molecule has 2 aliphatic rings. The number of fused-ring (bicyclic) bond motifs is 2. The molecule has 0 spiro atoms. The maximum absolute atomic E-state index is 10.9. The number of thiophene rings is 1. The van der Waals surface area contributed by atoms with Crippen LogP contribution in [0.1, 0.15) is 18.2 Å². The lowest BCUT2D eigenvalue weighted by Crippen LogP contribution is -2.46. The van der Waals surface area contributed by atoms with E-state index in [1.807, 2.05) is 24.4 Å². The Bertz CT molecular complexity index is 1090. The number of rotatable bonds is 4. The molecule has 1 unspecified atom stereocenters. The molecule has 5 heterocycles. The molecule has 0 bridgehead atoms. The van der Waals surface area contributed by atoms with Crippen LogP contribution in [-0.2, 0) is 19.5 Å². The van der Waals surface area contributed by atoms with Crippen molar-refractivity contribution in [3.05, 3.63) is 55.5 Å². The number of ether oxygens (including phenoxy) is 1. The molecule has 0 saturated heterocycles. The van der Waals surface area contributed by atoms with E-state index >= 15 is 0 Å². The van der Waals surface area contributed by atoms with Crippen molar-refractivity contribution in [2.75, 3.05) is 13.1 Å². The Morgan fingerprint density at radius 2 is 2.24 bits per heavy atom. The highest BCUT2D eigenvalue weighted by molar-refractivity contribution is 7.15. The molecule has 8 nitrogen and oxygen atoms in total. The fourth-order valence-electron chi connectivity index (χ4n) is 4.07. The lowest BCUT2D eigenvalue weighted by atomic mass is 10.0. The van der Waals surface area contributed by atoms with Crippen molar-refractivity contribution < 1.29 is 9.66 Å². The first-order valence-corrected chi connectivity index (χ1v) is 10.5. The van der Waals surface area contributed by atoms with Crippen LogP contribution in [-0.4, -0.2) is 43.0 Å². The quantitative estimate of drug-likeness (QED) is 0.461. The van der Waals surface area contributed by atoms with Crippen molar-refractivity contribution >= 4 is 28.8 Å². The zero-order valence-electron chi connectivity index (χ0n) is 15.7. The zero-order valence-corrected chi connectivity index (χ0v) is 17.2. The van der Waals surface area contributed by atoms with E-state index in [0.717, 1.165) is 40.8 Å². The largest absolute Gasteiger partial charge is 0.436 e. The number of hydrogen-bond acceptors (Lipinski definition) is 7. The first-order valence-electron chi connectivity index (χ1n) is 9.25. The first-order chi connectivity index (χ1) is 13.9. The van der Waals surface area contributed by atoms with Gasteiger partial charge in [-0.15, -0.1) is 11.3 Å². The van der Waals surface area contributed by atoms with E-state index in [4.69, 9.17) is 21.3 Å². The highest BCUT2D eigenvalue weighted by Gasteiger charge is 2.41. The maximum Gasteiger partial charge on any atom is 0.415 e. The van der Waals surface area contributed by atoms with Crippen LogP contribution in [0.15, 0.2) is 29.8 Å². The number of halogens is 1. The van der Waals surface area contributed by atoms with Gasteiger partial charge in [0.25, 0.3) is 0 Å². The van der Waals surface area contributed by atoms with Gasteiger partial charge in [-0.05, 0) is 34.9 Å². The molecule has 0 amide bonds. The molecule has 10 heteroatoms. The Morgan fingerprint density at radius 3 is 2.97 bits per heavy atom. The van der Waals surface area contributed by atoms with Crippen molar-refractivity contribution in [2.45, 2.75) is 32.0 Å². The number of pyridine rings is 1. The third-order valence-corrected chi connectivity index (χ3v) is 6.51. The number of nitrogens with zero attached hydrogens (tertiary/aromatic N) is 5. The van der Waals surface area contributed by atoms with E-state index in [9.17, 15) is 10.1 Å². The molecular formula is C19H18ClN5O3S. The summed E-state index contributed by atoms with van der Waals surface area (Å²) in [7, 11) is 0. The van der Waals surface area contributed by atoms with Crippen molar-refractivity contribution in [3.8, 4) is 17.3 Å². The van der Waals surface area contributed by atoms with Crippen LogP contribution < -0.4 is 4.74 Å². The van der Waals surface area contributed by atoms with Crippen molar-refractivity contribution in [2.24, 2.45) is 0 Å². The highest BCUT2D eigenvalue weighted by atomic mass is 35.5. The average Bonchev–Trinajstić information content (AvgIpc) is 3.34. The van der Waals surface area contributed by atoms with Gasteiger partial charge in [0.1, 0.15) is 16.1 Å². The molecule has 150 valence electrons. The molecule has 1 atom stereocenters. The smallest absolute Gasteiger partial charge is 0.415 e. The van der Waals surface area contributed by atoms with E-state index in [1.54, 1.807) is 4.57 Å². The van der Waals surface area contributed by atoms with Crippen LogP contribution in [0.5, 0.6) is 6.01 Å². The Morgan fingerprint density at radius 1 is 1.38 bits per heavy atom. The van der Waals surface area contributed by atoms with E-state index in [-0.39, 0.29) is 5.82 Å². The lowest BCUT2D eigenvalue weighted by molar-refractivity contribution is -0.389. The molecule has 0 aliphatic carbocycles. The van der Waals surface area contributed by atoms with Gasteiger partial charge in [-0.25, -0.2) is 0 Å². The number of hydrogen-bond donors (Lipinski definition) is 0. The van der Waals surface area contributed by atoms with Gasteiger partial charge in [-0.2, -0.15) is 0 Å². The third-order valence-electron chi connectivity index (χ3n) is 5.34. The van der Waals surface area contributed by atoms with E-state index in [2.05, 4.69) is 16.0 Å². The average molecular weight is 432 g/mol. The summed E-state index contributed by atoms with van der Waals surface area (Å²) in [4.78, 5) is 21.5. The molecule has 0 fully saturated rings. The Labute approximate surface area is 175 Å². The lowest BCUT2D eigenvalue weighted by Gasteiger charge is -2.34. The molecule has 0 radical (unpaired) electrons. The summed E-state index contributed by atoms with van der Waals surface area (Å²) in [5, 5.41) is 12.8. The minimum atomic E-state index is -0.502. The second-order valence-corrected chi connectivity index (χ2v) is 9.21. The Kier molecular flexibility index (Phi) is 4.34. The summed E-state index contributed by atoms with van der Waals surface area (Å²) >= 11 is 7.77. The Balaban J connectivity index is 1.28. The van der Waals surface area contributed by atoms with Crippen LogP contribution in [0.25, 0.3) is 11.3 Å². The van der Waals surface area contributed by atoms with Crippen LogP contribution >= 0.6 is 22.9 Å². The predicted molar refractivity (Wildman–Crippen MR) is 109 cm³/mol. The molecule has 0 N–H and O–H groups in total. The van der Waals surface area contributed by atoms with E-state index in [1.165, 1.54) is 23.1 Å². The van der Waals surface area contributed by atoms with Gasteiger partial charge >= 0.3 is 11.8 Å². The molecule has 3 aromatic rings. The fraction of sp³-hybridized carbons (Fsp3) is 0.368. The third kappa shape index (κ3) is 3.39. The van der Waals surface area contributed by atoms with Crippen molar-refractivity contribution in [1.29, 1.82) is 0 Å². The summed E-state index contributed by atoms with van der Waals surface area (Å²) in [5.41, 5.74) is 3.76. The summed E-state index contributed by atoms with van der Waals surface area (Å²) in [6, 6.07) is 6.47. The summed E-state index contributed by atoms with van der Waals surface area (Å²) in [6.45, 7) is 4.94. The van der Waals surface area contributed by atoms with Gasteiger partial charge in [0.15, 0.2) is 0 Å². The maximum atomic E-state index is 10.9. The van der Waals surface area contributed by atoms with Crippen LogP contribution in [0.4, 0.5) is 5.82 Å².